The molecule has 3 aromatic rings. The number of carbonyl (C=O) groups is 3. The normalized spacial score (nSPS) is 15.2. The molecular weight excluding hydrogens is 464 g/mol. The Labute approximate surface area is 206 Å². The zero-order chi connectivity index (χ0) is 25.5. The fourth-order valence-electron chi connectivity index (χ4n) is 3.96. The lowest BCUT2D eigenvalue weighted by molar-refractivity contribution is -0.143. The zero-order valence-corrected chi connectivity index (χ0v) is 19.7. The monoisotopic (exact) mass is 490 g/mol. The number of nitrogens with zero attached hydrogens (tertiary/aromatic N) is 1. The van der Waals surface area contributed by atoms with Gasteiger partial charge in [-0.05, 0) is 31.0 Å². The quantitative estimate of drug-likeness (QED) is 0.392. The van der Waals surface area contributed by atoms with Crippen LogP contribution < -0.4 is 16.2 Å². The molecule has 2 heterocycles. The van der Waals surface area contributed by atoms with E-state index in [0.29, 0.717) is 35.1 Å². The summed E-state index contributed by atoms with van der Waals surface area (Å²) >= 11 is 0. The van der Waals surface area contributed by atoms with Crippen molar-refractivity contribution in [3.05, 3.63) is 87.6 Å². The van der Waals surface area contributed by atoms with Gasteiger partial charge in [0.1, 0.15) is 12.4 Å². The van der Waals surface area contributed by atoms with Crippen molar-refractivity contribution in [3.63, 3.8) is 0 Å². The number of para-hydroxylation sites is 1. The number of H-pyrrole nitrogens is 1. The zero-order valence-electron chi connectivity index (χ0n) is 19.7. The number of hydrogen-bond donors (Lipinski definition) is 3. The summed E-state index contributed by atoms with van der Waals surface area (Å²) in [6, 6.07) is 14.7. The Morgan fingerprint density at radius 2 is 1.75 bits per heavy atom. The van der Waals surface area contributed by atoms with E-state index in [1.807, 2.05) is 6.07 Å². The van der Waals surface area contributed by atoms with Gasteiger partial charge in [-0.1, -0.05) is 42.5 Å². The molecule has 10 heteroatoms. The Kier molecular flexibility index (Phi) is 7.74. The molecule has 1 aliphatic rings. The highest BCUT2D eigenvalue weighted by Crippen LogP contribution is 2.27. The van der Waals surface area contributed by atoms with E-state index in [2.05, 4.69) is 20.6 Å². The molecule has 3 N–H and O–H groups in total. The van der Waals surface area contributed by atoms with Gasteiger partial charge in [0.2, 0.25) is 0 Å². The van der Waals surface area contributed by atoms with Gasteiger partial charge in [-0.3, -0.25) is 9.59 Å². The molecular formula is C26H26N4O6. The Balaban J connectivity index is 1.42. The molecule has 1 unspecified atom stereocenters. The standard InChI is InChI=1S/C26H26N4O6/c1-2-35-25(33)22-19(28-26(34)30-23(22)16-9-4-3-5-10-16)15-36-21(31)14-8-13-20-27-18-12-7-6-11-17(18)24(32)29-20/h3-7,9-12,23H,2,8,13-15H2,1H3,(H,27,29,32)(H2,28,30,34). The lowest BCUT2D eigenvalue weighted by atomic mass is 9.95. The van der Waals surface area contributed by atoms with Gasteiger partial charge >= 0.3 is 18.0 Å². The second kappa shape index (κ2) is 11.3. The van der Waals surface area contributed by atoms with Crippen LogP contribution in [0.3, 0.4) is 0 Å². The number of urea groups is 1. The third-order valence-electron chi connectivity index (χ3n) is 5.62. The maximum Gasteiger partial charge on any atom is 0.338 e. The summed E-state index contributed by atoms with van der Waals surface area (Å²) in [7, 11) is 0. The number of hydrogen-bond acceptors (Lipinski definition) is 7. The van der Waals surface area contributed by atoms with E-state index < -0.39 is 24.0 Å². The van der Waals surface area contributed by atoms with Crippen LogP contribution in [0.15, 0.2) is 70.7 Å². The van der Waals surface area contributed by atoms with Gasteiger partial charge in [0.15, 0.2) is 0 Å². The summed E-state index contributed by atoms with van der Waals surface area (Å²) in [5.41, 5.74) is 1.39. The second-order valence-electron chi connectivity index (χ2n) is 8.10. The highest BCUT2D eigenvalue weighted by Gasteiger charge is 2.34. The van der Waals surface area contributed by atoms with E-state index in [0.717, 1.165) is 0 Å². The summed E-state index contributed by atoms with van der Waals surface area (Å²) in [5.74, 6) is -0.649. The summed E-state index contributed by atoms with van der Waals surface area (Å²) in [6.45, 7) is 1.53. The van der Waals surface area contributed by atoms with E-state index in [1.165, 1.54) is 0 Å². The Hall–Kier alpha value is -4.47. The average Bonchev–Trinajstić information content (AvgIpc) is 2.88. The average molecular weight is 491 g/mol. The predicted molar refractivity (Wildman–Crippen MR) is 131 cm³/mol. The van der Waals surface area contributed by atoms with Crippen molar-refractivity contribution in [2.24, 2.45) is 0 Å². The fraction of sp³-hybridized carbons (Fsp3) is 0.269. The number of rotatable bonds is 9. The van der Waals surface area contributed by atoms with Crippen molar-refractivity contribution in [2.45, 2.75) is 32.2 Å². The summed E-state index contributed by atoms with van der Waals surface area (Å²) in [5, 5.41) is 5.80. The molecule has 1 aliphatic heterocycles. The van der Waals surface area contributed by atoms with Crippen molar-refractivity contribution >= 4 is 28.9 Å². The minimum atomic E-state index is -0.747. The van der Waals surface area contributed by atoms with Crippen LogP contribution in [0, 0.1) is 0 Å². The lowest BCUT2D eigenvalue weighted by Crippen LogP contribution is -2.47. The number of carbonyl (C=O) groups excluding carboxylic acids is 3. The van der Waals surface area contributed by atoms with Crippen molar-refractivity contribution in [2.75, 3.05) is 13.2 Å². The Morgan fingerprint density at radius 3 is 2.53 bits per heavy atom. The molecule has 0 spiro atoms. The number of nitrogens with one attached hydrogen (secondary N) is 3. The van der Waals surface area contributed by atoms with Crippen molar-refractivity contribution in [1.82, 2.24) is 20.6 Å². The van der Waals surface area contributed by atoms with Gasteiger partial charge < -0.3 is 25.1 Å². The maximum atomic E-state index is 12.7. The number of benzene rings is 2. The van der Waals surface area contributed by atoms with E-state index in [-0.39, 0.29) is 36.5 Å². The molecule has 0 radical (unpaired) electrons. The van der Waals surface area contributed by atoms with Crippen LogP contribution in [0.4, 0.5) is 4.79 Å². The molecule has 10 nitrogen and oxygen atoms in total. The molecule has 0 aliphatic carbocycles. The first-order valence-electron chi connectivity index (χ1n) is 11.6. The molecule has 186 valence electrons. The SMILES string of the molecule is CCOC(=O)C1=C(COC(=O)CCCc2nc3ccccc3c(=O)[nH]2)NC(=O)NC1c1ccccc1. The maximum absolute atomic E-state index is 12.7. The van der Waals surface area contributed by atoms with Crippen LogP contribution in [-0.2, 0) is 25.5 Å². The second-order valence-corrected chi connectivity index (χ2v) is 8.10. The molecule has 0 bridgehead atoms. The summed E-state index contributed by atoms with van der Waals surface area (Å²) in [6.07, 6.45) is 0.833. The minimum Gasteiger partial charge on any atom is -0.463 e. The van der Waals surface area contributed by atoms with Gasteiger partial charge in [-0.2, -0.15) is 0 Å². The third kappa shape index (κ3) is 5.77. The predicted octanol–water partition coefficient (Wildman–Crippen LogP) is 2.66. The lowest BCUT2D eigenvalue weighted by Gasteiger charge is -2.29. The number of ether oxygens (including phenoxy) is 2. The van der Waals surface area contributed by atoms with Crippen LogP contribution >= 0.6 is 0 Å². The largest absolute Gasteiger partial charge is 0.463 e. The van der Waals surface area contributed by atoms with Crippen molar-refractivity contribution < 1.29 is 23.9 Å². The van der Waals surface area contributed by atoms with Crippen LogP contribution in [0.5, 0.6) is 0 Å². The third-order valence-corrected chi connectivity index (χ3v) is 5.62. The van der Waals surface area contributed by atoms with Crippen LogP contribution in [-0.4, -0.2) is 41.2 Å². The van der Waals surface area contributed by atoms with E-state index in [9.17, 15) is 19.2 Å². The molecule has 36 heavy (non-hydrogen) atoms. The first-order valence-corrected chi connectivity index (χ1v) is 11.6. The summed E-state index contributed by atoms with van der Waals surface area (Å²) in [4.78, 5) is 56.8. The number of aromatic nitrogens is 2. The van der Waals surface area contributed by atoms with E-state index >= 15 is 0 Å². The van der Waals surface area contributed by atoms with E-state index in [1.54, 1.807) is 55.5 Å². The molecule has 0 saturated carbocycles. The highest BCUT2D eigenvalue weighted by atomic mass is 16.5. The van der Waals surface area contributed by atoms with Crippen molar-refractivity contribution in [1.29, 1.82) is 0 Å². The van der Waals surface area contributed by atoms with E-state index in [4.69, 9.17) is 9.47 Å². The molecule has 2 amide bonds. The molecule has 1 atom stereocenters. The van der Waals surface area contributed by atoms with Crippen LogP contribution in [0.1, 0.15) is 37.2 Å². The van der Waals surface area contributed by atoms with Crippen LogP contribution in [0.2, 0.25) is 0 Å². The topological polar surface area (TPSA) is 139 Å². The van der Waals surface area contributed by atoms with Crippen molar-refractivity contribution in [3.8, 4) is 0 Å². The van der Waals surface area contributed by atoms with Gasteiger partial charge in [-0.15, -0.1) is 0 Å². The number of fused-ring (bicyclic) bond motifs is 1. The van der Waals surface area contributed by atoms with Gasteiger partial charge in [0, 0.05) is 12.8 Å². The number of esters is 2. The first-order chi connectivity index (χ1) is 17.5. The van der Waals surface area contributed by atoms with Gasteiger partial charge in [-0.25, -0.2) is 14.6 Å². The number of aryl methyl sites for hydroxylation is 1. The smallest absolute Gasteiger partial charge is 0.338 e. The van der Waals surface area contributed by atoms with Gasteiger partial charge in [0.25, 0.3) is 5.56 Å². The Morgan fingerprint density at radius 1 is 1.00 bits per heavy atom. The summed E-state index contributed by atoms with van der Waals surface area (Å²) < 4.78 is 10.6. The molecule has 0 saturated heterocycles. The molecule has 4 rings (SSSR count). The van der Waals surface area contributed by atoms with Crippen LogP contribution in [0.25, 0.3) is 10.9 Å². The first kappa shape index (κ1) is 24.6. The molecule has 2 aromatic carbocycles. The molecule has 1 aromatic heterocycles. The Bertz CT molecular complexity index is 1370. The highest BCUT2D eigenvalue weighted by molar-refractivity contribution is 5.95. The number of amides is 2. The fourth-order valence-corrected chi connectivity index (χ4v) is 3.96. The van der Waals surface area contributed by atoms with Gasteiger partial charge in [0.05, 0.1) is 34.8 Å². The molecule has 0 fully saturated rings. The number of aromatic amines is 1. The minimum absolute atomic E-state index is 0.0624.